The van der Waals surface area contributed by atoms with E-state index in [4.69, 9.17) is 11.6 Å². The second-order valence-corrected chi connectivity index (χ2v) is 6.13. The van der Waals surface area contributed by atoms with E-state index >= 15 is 0 Å². The molecule has 18 heavy (non-hydrogen) atoms. The van der Waals surface area contributed by atoms with Crippen molar-refractivity contribution in [3.8, 4) is 0 Å². The van der Waals surface area contributed by atoms with E-state index < -0.39 is 10.0 Å². The molecule has 0 heterocycles. The molecule has 3 nitrogen and oxygen atoms in total. The summed E-state index contributed by atoms with van der Waals surface area (Å²) in [7, 11) is -3.47. The Morgan fingerprint density at radius 2 is 1.78 bits per heavy atom. The molecule has 0 bridgehead atoms. The van der Waals surface area contributed by atoms with Gasteiger partial charge in [0.1, 0.15) is 0 Å². The van der Waals surface area contributed by atoms with Crippen molar-refractivity contribution in [1.29, 1.82) is 0 Å². The molecular weight excluding hydrogens is 270 g/mol. The third-order valence-corrected chi connectivity index (χ3v) is 4.51. The summed E-state index contributed by atoms with van der Waals surface area (Å²) in [6.45, 7) is 2.35. The molecule has 0 amide bonds. The maximum absolute atomic E-state index is 12.2. The molecule has 0 aromatic heterocycles. The molecule has 0 aliphatic carbocycles. The second kappa shape index (κ2) is 5.26. The van der Waals surface area contributed by atoms with Crippen LogP contribution in [0.2, 0.25) is 5.02 Å². The molecule has 0 atom stereocenters. The monoisotopic (exact) mass is 283 g/mol. The van der Waals surface area contributed by atoms with E-state index in [2.05, 4.69) is 4.72 Å². The Kier molecular flexibility index (Phi) is 3.90. The van der Waals surface area contributed by atoms with Crippen molar-refractivity contribution < 1.29 is 8.42 Å². The van der Waals surface area contributed by atoms with Crippen LogP contribution in [0.4, 0.5) is 0 Å². The van der Waals surface area contributed by atoms with Gasteiger partial charge in [-0.15, -0.1) is 0 Å². The van der Waals surface area contributed by atoms with Crippen LogP contribution in [0.5, 0.6) is 0 Å². The van der Waals surface area contributed by atoms with Gasteiger partial charge in [0.2, 0.25) is 10.0 Å². The Morgan fingerprint density at radius 1 is 1.11 bits per heavy atom. The van der Waals surface area contributed by atoms with E-state index in [9.17, 15) is 8.42 Å². The molecule has 1 N–H and O–H groups in total. The summed E-state index contributed by atoms with van der Waals surface area (Å²) in [5.41, 5.74) is 0. The van der Waals surface area contributed by atoms with Crippen molar-refractivity contribution in [3.05, 3.63) is 41.4 Å². The summed E-state index contributed by atoms with van der Waals surface area (Å²) in [6, 6.07) is 10.4. The molecule has 0 unspecified atom stereocenters. The SMILES string of the molecule is CCCNS(=O)(=O)c1ccc(Cl)c2ccccc12. The fourth-order valence-corrected chi connectivity index (χ4v) is 3.35. The summed E-state index contributed by atoms with van der Waals surface area (Å²) in [4.78, 5) is 0.274. The number of nitrogens with one attached hydrogen (secondary N) is 1. The predicted octanol–water partition coefficient (Wildman–Crippen LogP) is 3.18. The highest BCUT2D eigenvalue weighted by atomic mass is 35.5. The van der Waals surface area contributed by atoms with Crippen molar-refractivity contribution in [3.63, 3.8) is 0 Å². The molecule has 2 rings (SSSR count). The summed E-state index contributed by atoms with van der Waals surface area (Å²) < 4.78 is 26.9. The van der Waals surface area contributed by atoms with Crippen LogP contribution in [0.25, 0.3) is 10.8 Å². The van der Waals surface area contributed by atoms with Gasteiger partial charge in [0, 0.05) is 22.3 Å². The van der Waals surface area contributed by atoms with Gasteiger partial charge in [-0.05, 0) is 18.6 Å². The Morgan fingerprint density at radius 3 is 2.44 bits per heavy atom. The van der Waals surface area contributed by atoms with Gasteiger partial charge in [0.25, 0.3) is 0 Å². The lowest BCUT2D eigenvalue weighted by Gasteiger charge is -2.09. The smallest absolute Gasteiger partial charge is 0.211 e. The highest BCUT2D eigenvalue weighted by molar-refractivity contribution is 7.89. The van der Waals surface area contributed by atoms with Gasteiger partial charge in [-0.3, -0.25) is 0 Å². The van der Waals surface area contributed by atoms with Crippen molar-refractivity contribution >= 4 is 32.4 Å². The molecule has 5 heteroatoms. The number of halogens is 1. The maximum Gasteiger partial charge on any atom is 0.241 e. The summed E-state index contributed by atoms with van der Waals surface area (Å²) in [5, 5.41) is 1.95. The lowest BCUT2D eigenvalue weighted by atomic mass is 10.1. The first-order valence-electron chi connectivity index (χ1n) is 5.73. The quantitative estimate of drug-likeness (QED) is 0.937. The Labute approximate surface area is 112 Å². The zero-order chi connectivity index (χ0) is 13.2. The molecule has 0 radical (unpaired) electrons. The van der Waals surface area contributed by atoms with Crippen LogP contribution in [0.15, 0.2) is 41.3 Å². The van der Waals surface area contributed by atoms with Crippen molar-refractivity contribution in [2.24, 2.45) is 0 Å². The molecule has 0 fully saturated rings. The molecule has 0 saturated heterocycles. The van der Waals surface area contributed by atoms with E-state index in [1.807, 2.05) is 19.1 Å². The normalized spacial score (nSPS) is 11.9. The fraction of sp³-hybridized carbons (Fsp3) is 0.231. The lowest BCUT2D eigenvalue weighted by Crippen LogP contribution is -2.24. The molecule has 96 valence electrons. The molecule has 0 aliphatic rings. The van der Waals surface area contributed by atoms with E-state index in [-0.39, 0.29) is 4.90 Å². The zero-order valence-corrected chi connectivity index (χ0v) is 11.6. The number of benzene rings is 2. The molecule has 2 aromatic carbocycles. The Balaban J connectivity index is 2.62. The van der Waals surface area contributed by atoms with Crippen LogP contribution >= 0.6 is 11.6 Å². The number of sulfonamides is 1. The van der Waals surface area contributed by atoms with Crippen LogP contribution < -0.4 is 4.72 Å². The predicted molar refractivity (Wildman–Crippen MR) is 74.4 cm³/mol. The third kappa shape index (κ3) is 2.51. The van der Waals surface area contributed by atoms with E-state index in [0.29, 0.717) is 17.0 Å². The fourth-order valence-electron chi connectivity index (χ4n) is 1.78. The Hall–Kier alpha value is -1.10. The number of hydrogen-bond acceptors (Lipinski definition) is 2. The number of rotatable bonds is 4. The largest absolute Gasteiger partial charge is 0.241 e. The topological polar surface area (TPSA) is 46.2 Å². The van der Waals surface area contributed by atoms with Crippen molar-refractivity contribution in [2.45, 2.75) is 18.2 Å². The van der Waals surface area contributed by atoms with E-state index in [1.165, 1.54) is 0 Å². The number of fused-ring (bicyclic) bond motifs is 1. The van der Waals surface area contributed by atoms with E-state index in [0.717, 1.165) is 11.8 Å². The number of hydrogen-bond donors (Lipinski definition) is 1. The molecule has 0 spiro atoms. The minimum absolute atomic E-state index is 0.274. The lowest BCUT2D eigenvalue weighted by molar-refractivity contribution is 0.581. The van der Waals surface area contributed by atoms with Gasteiger partial charge < -0.3 is 0 Å². The minimum atomic E-state index is -3.47. The van der Waals surface area contributed by atoms with Crippen LogP contribution in [-0.2, 0) is 10.0 Å². The average molecular weight is 284 g/mol. The summed E-state index contributed by atoms with van der Waals surface area (Å²) >= 11 is 6.07. The molecule has 0 saturated carbocycles. The van der Waals surface area contributed by atoms with Crippen LogP contribution in [-0.4, -0.2) is 15.0 Å². The van der Waals surface area contributed by atoms with Gasteiger partial charge in [0.05, 0.1) is 4.90 Å². The minimum Gasteiger partial charge on any atom is -0.211 e. The molecule has 0 aliphatic heterocycles. The highest BCUT2D eigenvalue weighted by Crippen LogP contribution is 2.28. The summed E-state index contributed by atoms with van der Waals surface area (Å²) in [5.74, 6) is 0. The van der Waals surface area contributed by atoms with Gasteiger partial charge >= 0.3 is 0 Å². The van der Waals surface area contributed by atoms with E-state index in [1.54, 1.807) is 24.3 Å². The van der Waals surface area contributed by atoms with Crippen molar-refractivity contribution in [1.82, 2.24) is 4.72 Å². The first-order chi connectivity index (χ1) is 8.56. The first-order valence-corrected chi connectivity index (χ1v) is 7.59. The van der Waals surface area contributed by atoms with Gasteiger partial charge in [0.15, 0.2) is 0 Å². The van der Waals surface area contributed by atoms with Gasteiger partial charge in [-0.1, -0.05) is 42.8 Å². The van der Waals surface area contributed by atoms with Crippen LogP contribution in [0.3, 0.4) is 0 Å². The van der Waals surface area contributed by atoms with Crippen LogP contribution in [0, 0.1) is 0 Å². The Bertz CT molecular complexity index is 668. The van der Waals surface area contributed by atoms with Gasteiger partial charge in [-0.25, -0.2) is 13.1 Å². The second-order valence-electron chi connectivity index (χ2n) is 3.99. The zero-order valence-electron chi connectivity index (χ0n) is 9.98. The van der Waals surface area contributed by atoms with Gasteiger partial charge in [-0.2, -0.15) is 0 Å². The first kappa shape index (κ1) is 13.3. The van der Waals surface area contributed by atoms with Crippen LogP contribution in [0.1, 0.15) is 13.3 Å². The maximum atomic E-state index is 12.2. The molecule has 2 aromatic rings. The third-order valence-electron chi connectivity index (χ3n) is 2.66. The van der Waals surface area contributed by atoms with Crippen molar-refractivity contribution in [2.75, 3.05) is 6.54 Å². The summed E-state index contributed by atoms with van der Waals surface area (Å²) in [6.07, 6.45) is 0.755. The highest BCUT2D eigenvalue weighted by Gasteiger charge is 2.17. The average Bonchev–Trinajstić information content (AvgIpc) is 2.37. The molecular formula is C13H14ClNO2S. The standard InChI is InChI=1S/C13H14ClNO2S/c1-2-9-15-18(16,17)13-8-7-12(14)10-5-3-4-6-11(10)13/h3-8,15H,2,9H2,1H3.